The Bertz CT molecular complexity index is 842. The number of halogens is 1. The van der Waals surface area contributed by atoms with Crippen LogP contribution in [0.2, 0.25) is 5.02 Å². The molecule has 3 rings (SSSR count). The van der Waals surface area contributed by atoms with Crippen molar-refractivity contribution in [1.82, 2.24) is 15.2 Å². The summed E-state index contributed by atoms with van der Waals surface area (Å²) < 4.78 is 0. The van der Waals surface area contributed by atoms with Gasteiger partial charge in [0, 0.05) is 18.4 Å². The molecule has 0 saturated carbocycles. The van der Waals surface area contributed by atoms with E-state index in [0.717, 1.165) is 16.8 Å². The van der Waals surface area contributed by atoms with Gasteiger partial charge in [0.15, 0.2) is 0 Å². The van der Waals surface area contributed by atoms with E-state index in [9.17, 15) is 5.11 Å². The molecule has 5 nitrogen and oxygen atoms in total. The van der Waals surface area contributed by atoms with E-state index in [0.29, 0.717) is 28.6 Å². The van der Waals surface area contributed by atoms with Crippen molar-refractivity contribution in [3.05, 3.63) is 64.4 Å². The molecule has 0 atom stereocenters. The smallest absolute Gasteiger partial charge is 0.148 e. The predicted octanol–water partition coefficient (Wildman–Crippen LogP) is 4.13. The zero-order chi connectivity index (χ0) is 17.1. The highest BCUT2D eigenvalue weighted by Crippen LogP contribution is 2.35. The van der Waals surface area contributed by atoms with Gasteiger partial charge in [-0.05, 0) is 55.3 Å². The summed E-state index contributed by atoms with van der Waals surface area (Å²) in [4.78, 5) is 4.25. The van der Waals surface area contributed by atoms with Crippen LogP contribution in [0.15, 0.2) is 42.6 Å². The third-order valence-corrected chi connectivity index (χ3v) is 4.01. The van der Waals surface area contributed by atoms with Crippen molar-refractivity contribution in [2.24, 2.45) is 0 Å². The van der Waals surface area contributed by atoms with E-state index in [1.807, 2.05) is 32.0 Å². The van der Waals surface area contributed by atoms with Crippen LogP contribution in [-0.4, -0.2) is 20.3 Å². The number of nitrogens with zero attached hydrogens (tertiary/aromatic N) is 3. The highest BCUT2D eigenvalue weighted by atomic mass is 35.5. The summed E-state index contributed by atoms with van der Waals surface area (Å²) in [5, 5.41) is 22.1. The number of phenolic OH excluding ortho intramolecular Hbond substituents is 1. The fraction of sp³-hybridized carbons (Fsp3) is 0.167. The molecule has 0 unspecified atom stereocenters. The van der Waals surface area contributed by atoms with E-state index in [2.05, 4.69) is 20.5 Å². The highest BCUT2D eigenvalue weighted by Gasteiger charge is 2.12. The topological polar surface area (TPSA) is 70.9 Å². The number of benzene rings is 1. The number of rotatable bonds is 4. The van der Waals surface area contributed by atoms with E-state index < -0.39 is 0 Å². The Morgan fingerprint density at radius 3 is 2.62 bits per heavy atom. The highest BCUT2D eigenvalue weighted by molar-refractivity contribution is 6.33. The molecule has 0 radical (unpaired) electrons. The first kappa shape index (κ1) is 16.2. The van der Waals surface area contributed by atoms with E-state index in [-0.39, 0.29) is 5.75 Å². The second kappa shape index (κ2) is 6.84. The van der Waals surface area contributed by atoms with Crippen molar-refractivity contribution in [3.8, 4) is 17.0 Å². The third kappa shape index (κ3) is 3.46. The Hall–Kier alpha value is -2.66. The fourth-order valence-corrected chi connectivity index (χ4v) is 2.79. The van der Waals surface area contributed by atoms with E-state index in [4.69, 9.17) is 11.6 Å². The first-order valence-electron chi connectivity index (χ1n) is 7.52. The molecule has 3 aromatic rings. The molecular weight excluding hydrogens is 324 g/mol. The molecule has 0 aliphatic heterocycles. The van der Waals surface area contributed by atoms with Crippen molar-refractivity contribution in [2.45, 2.75) is 20.4 Å². The molecule has 6 heteroatoms. The summed E-state index contributed by atoms with van der Waals surface area (Å²) >= 11 is 6.22. The number of pyridine rings is 1. The molecule has 0 bridgehead atoms. The maximum Gasteiger partial charge on any atom is 0.148 e. The number of phenols is 1. The first-order chi connectivity index (χ1) is 11.5. The molecule has 24 heavy (non-hydrogen) atoms. The van der Waals surface area contributed by atoms with Crippen LogP contribution in [0.3, 0.4) is 0 Å². The summed E-state index contributed by atoms with van der Waals surface area (Å²) in [5.74, 6) is 0.741. The van der Waals surface area contributed by atoms with Crippen molar-refractivity contribution in [1.29, 1.82) is 0 Å². The first-order valence-corrected chi connectivity index (χ1v) is 7.90. The van der Waals surface area contributed by atoms with Gasteiger partial charge in [0.1, 0.15) is 11.6 Å². The largest absolute Gasteiger partial charge is 0.507 e. The molecule has 2 N–H and O–H groups in total. The van der Waals surface area contributed by atoms with Gasteiger partial charge in [-0.3, -0.25) is 4.98 Å². The Morgan fingerprint density at radius 1 is 1.12 bits per heavy atom. The molecule has 0 aliphatic rings. The summed E-state index contributed by atoms with van der Waals surface area (Å²) in [5.41, 5.74) is 3.98. The van der Waals surface area contributed by atoms with Gasteiger partial charge in [0.25, 0.3) is 0 Å². The van der Waals surface area contributed by atoms with Gasteiger partial charge in [-0.2, -0.15) is 0 Å². The minimum Gasteiger partial charge on any atom is -0.507 e. The SMILES string of the molecule is Cc1cc(O)c(-c2ccc(NCc3cccnc3C)nn2)c(Cl)c1. The fourth-order valence-electron chi connectivity index (χ4n) is 2.43. The molecule has 0 aliphatic carbocycles. The van der Waals surface area contributed by atoms with Crippen LogP contribution in [0.5, 0.6) is 5.75 Å². The number of nitrogens with one attached hydrogen (secondary N) is 1. The van der Waals surface area contributed by atoms with E-state index >= 15 is 0 Å². The summed E-state index contributed by atoms with van der Waals surface area (Å²) in [6.07, 6.45) is 1.77. The van der Waals surface area contributed by atoms with Gasteiger partial charge in [-0.15, -0.1) is 10.2 Å². The standard InChI is InChI=1S/C18H17ClN4O/c1-11-8-14(19)18(16(24)9-11)15-5-6-17(23-22-15)21-10-13-4-3-7-20-12(13)2/h3-9,24H,10H2,1-2H3,(H,21,23). The lowest BCUT2D eigenvalue weighted by Gasteiger charge is -2.09. The number of aromatic hydroxyl groups is 1. The molecule has 2 heterocycles. The molecule has 1 aromatic carbocycles. The number of aryl methyl sites for hydroxylation is 2. The zero-order valence-corrected chi connectivity index (χ0v) is 14.2. The van der Waals surface area contributed by atoms with Crippen LogP contribution in [0.1, 0.15) is 16.8 Å². The lowest BCUT2D eigenvalue weighted by molar-refractivity contribution is 0.476. The Labute approximate surface area is 145 Å². The van der Waals surface area contributed by atoms with Gasteiger partial charge in [0.05, 0.1) is 16.3 Å². The van der Waals surface area contributed by atoms with E-state index in [1.165, 1.54) is 0 Å². The molecule has 2 aromatic heterocycles. The minimum absolute atomic E-state index is 0.0981. The van der Waals surface area contributed by atoms with Crippen molar-refractivity contribution in [3.63, 3.8) is 0 Å². The molecule has 0 fully saturated rings. The average molecular weight is 341 g/mol. The van der Waals surface area contributed by atoms with Gasteiger partial charge in [0.2, 0.25) is 0 Å². The minimum atomic E-state index is 0.0981. The van der Waals surface area contributed by atoms with Crippen molar-refractivity contribution in [2.75, 3.05) is 5.32 Å². The quantitative estimate of drug-likeness (QED) is 0.747. The normalized spacial score (nSPS) is 10.6. The zero-order valence-electron chi connectivity index (χ0n) is 13.4. The predicted molar refractivity (Wildman–Crippen MR) is 95.2 cm³/mol. The van der Waals surface area contributed by atoms with Crippen LogP contribution < -0.4 is 5.32 Å². The van der Waals surface area contributed by atoms with Crippen molar-refractivity contribution < 1.29 is 5.11 Å². The number of anilines is 1. The average Bonchev–Trinajstić information content (AvgIpc) is 2.54. The molecule has 0 saturated heterocycles. The van der Waals surface area contributed by atoms with Gasteiger partial charge in [-0.1, -0.05) is 17.7 Å². The molecular formula is C18H17ClN4O. The second-order valence-electron chi connectivity index (χ2n) is 5.55. The number of aromatic nitrogens is 3. The van der Waals surface area contributed by atoms with Crippen LogP contribution >= 0.6 is 11.6 Å². The Kier molecular flexibility index (Phi) is 4.62. The molecule has 122 valence electrons. The molecule has 0 amide bonds. The summed E-state index contributed by atoms with van der Waals surface area (Å²) in [6.45, 7) is 4.45. The number of hydrogen-bond donors (Lipinski definition) is 2. The van der Waals surface area contributed by atoms with Crippen LogP contribution in [0.25, 0.3) is 11.3 Å². The van der Waals surface area contributed by atoms with Crippen LogP contribution in [0, 0.1) is 13.8 Å². The molecule has 0 spiro atoms. The van der Waals surface area contributed by atoms with Gasteiger partial charge < -0.3 is 10.4 Å². The lowest BCUT2D eigenvalue weighted by atomic mass is 10.1. The summed E-state index contributed by atoms with van der Waals surface area (Å²) in [6, 6.07) is 10.9. The lowest BCUT2D eigenvalue weighted by Crippen LogP contribution is -2.04. The maximum absolute atomic E-state index is 10.1. The van der Waals surface area contributed by atoms with Crippen LogP contribution in [-0.2, 0) is 6.54 Å². The van der Waals surface area contributed by atoms with E-state index in [1.54, 1.807) is 24.4 Å². The number of hydrogen-bond acceptors (Lipinski definition) is 5. The van der Waals surface area contributed by atoms with Gasteiger partial charge >= 0.3 is 0 Å². The van der Waals surface area contributed by atoms with Crippen molar-refractivity contribution >= 4 is 17.4 Å². The van der Waals surface area contributed by atoms with Gasteiger partial charge in [-0.25, -0.2) is 0 Å². The Morgan fingerprint density at radius 2 is 1.96 bits per heavy atom. The monoisotopic (exact) mass is 340 g/mol. The van der Waals surface area contributed by atoms with Crippen LogP contribution in [0.4, 0.5) is 5.82 Å². The third-order valence-electron chi connectivity index (χ3n) is 3.71. The Balaban J connectivity index is 1.78. The summed E-state index contributed by atoms with van der Waals surface area (Å²) in [7, 11) is 0. The second-order valence-corrected chi connectivity index (χ2v) is 5.95. The maximum atomic E-state index is 10.1.